The Bertz CT molecular complexity index is 589. The highest BCUT2D eigenvalue weighted by Gasteiger charge is 2.08. The lowest BCUT2D eigenvalue weighted by Gasteiger charge is -2.13. The van der Waals surface area contributed by atoms with Crippen LogP contribution in [0.2, 0.25) is 5.02 Å². The summed E-state index contributed by atoms with van der Waals surface area (Å²) in [5, 5.41) is 6.80. The SMILES string of the molecule is CNc1ncnc(Nc2cc(OC)ccc2Cl)c1C. The number of halogens is 1. The minimum absolute atomic E-state index is 0.602. The second-order valence-corrected chi connectivity index (χ2v) is 4.32. The highest BCUT2D eigenvalue weighted by atomic mass is 35.5. The molecule has 5 nitrogen and oxygen atoms in total. The molecule has 0 spiro atoms. The van der Waals surface area contributed by atoms with Gasteiger partial charge in [0.05, 0.1) is 17.8 Å². The van der Waals surface area contributed by atoms with Crippen LogP contribution in [0.4, 0.5) is 17.3 Å². The van der Waals surface area contributed by atoms with Gasteiger partial charge < -0.3 is 15.4 Å². The van der Waals surface area contributed by atoms with Gasteiger partial charge in [-0.05, 0) is 19.1 Å². The Morgan fingerprint density at radius 2 is 1.95 bits per heavy atom. The van der Waals surface area contributed by atoms with Crippen molar-refractivity contribution in [3.05, 3.63) is 35.1 Å². The molecule has 6 heteroatoms. The van der Waals surface area contributed by atoms with Gasteiger partial charge in [-0.2, -0.15) is 0 Å². The highest BCUT2D eigenvalue weighted by Crippen LogP contribution is 2.30. The molecule has 0 radical (unpaired) electrons. The lowest BCUT2D eigenvalue weighted by Crippen LogP contribution is -2.03. The van der Waals surface area contributed by atoms with Crippen LogP contribution >= 0.6 is 11.6 Å². The van der Waals surface area contributed by atoms with Crippen LogP contribution in [0.3, 0.4) is 0 Å². The van der Waals surface area contributed by atoms with E-state index in [4.69, 9.17) is 16.3 Å². The van der Waals surface area contributed by atoms with E-state index in [1.165, 1.54) is 6.33 Å². The zero-order chi connectivity index (χ0) is 13.8. The summed E-state index contributed by atoms with van der Waals surface area (Å²) < 4.78 is 5.18. The summed E-state index contributed by atoms with van der Waals surface area (Å²) in [5.41, 5.74) is 1.66. The van der Waals surface area contributed by atoms with Gasteiger partial charge in [0.25, 0.3) is 0 Å². The summed E-state index contributed by atoms with van der Waals surface area (Å²) in [6, 6.07) is 5.40. The van der Waals surface area contributed by atoms with Crippen molar-refractivity contribution < 1.29 is 4.74 Å². The van der Waals surface area contributed by atoms with Gasteiger partial charge in [0.2, 0.25) is 0 Å². The lowest BCUT2D eigenvalue weighted by atomic mass is 10.2. The molecule has 0 unspecified atom stereocenters. The van der Waals surface area contributed by atoms with Gasteiger partial charge in [0.1, 0.15) is 23.7 Å². The van der Waals surface area contributed by atoms with Gasteiger partial charge >= 0.3 is 0 Å². The Morgan fingerprint density at radius 3 is 2.63 bits per heavy atom. The molecule has 2 rings (SSSR count). The van der Waals surface area contributed by atoms with Crippen molar-refractivity contribution in [2.75, 3.05) is 24.8 Å². The summed E-state index contributed by atoms with van der Waals surface area (Å²) in [6.07, 6.45) is 1.50. The Kier molecular flexibility index (Phi) is 4.06. The summed E-state index contributed by atoms with van der Waals surface area (Å²) >= 11 is 6.15. The van der Waals surface area contributed by atoms with Gasteiger partial charge in [-0.15, -0.1) is 0 Å². The van der Waals surface area contributed by atoms with Crippen LogP contribution < -0.4 is 15.4 Å². The number of nitrogens with one attached hydrogen (secondary N) is 2. The number of nitrogens with zero attached hydrogens (tertiary/aromatic N) is 2. The first-order chi connectivity index (χ1) is 9.15. The monoisotopic (exact) mass is 278 g/mol. The van der Waals surface area contributed by atoms with E-state index in [0.717, 1.165) is 22.8 Å². The Morgan fingerprint density at radius 1 is 1.21 bits per heavy atom. The zero-order valence-corrected chi connectivity index (χ0v) is 11.7. The van der Waals surface area contributed by atoms with E-state index in [0.29, 0.717) is 10.8 Å². The van der Waals surface area contributed by atoms with Gasteiger partial charge in [0, 0.05) is 18.7 Å². The first kappa shape index (κ1) is 13.4. The molecule has 0 bridgehead atoms. The molecule has 2 N–H and O–H groups in total. The molecule has 0 aliphatic carbocycles. The van der Waals surface area contributed by atoms with Crippen molar-refractivity contribution in [2.45, 2.75) is 6.92 Å². The van der Waals surface area contributed by atoms with E-state index in [2.05, 4.69) is 20.6 Å². The summed E-state index contributed by atoms with van der Waals surface area (Å²) in [7, 11) is 3.43. The molecule has 0 fully saturated rings. The second kappa shape index (κ2) is 5.75. The molecule has 1 heterocycles. The van der Waals surface area contributed by atoms with Crippen LogP contribution in [0.15, 0.2) is 24.5 Å². The van der Waals surface area contributed by atoms with E-state index in [9.17, 15) is 0 Å². The van der Waals surface area contributed by atoms with E-state index < -0.39 is 0 Å². The third kappa shape index (κ3) is 2.88. The third-order valence-corrected chi connectivity index (χ3v) is 3.08. The Balaban J connectivity index is 2.36. The van der Waals surface area contributed by atoms with E-state index in [-0.39, 0.29) is 0 Å². The standard InChI is InChI=1S/C13H15ClN4O/c1-8-12(15-2)16-7-17-13(8)18-11-6-9(19-3)4-5-10(11)14/h4-7H,1-3H3,(H2,15,16,17,18). The largest absolute Gasteiger partial charge is 0.497 e. The van der Waals surface area contributed by atoms with Crippen LogP contribution in [-0.4, -0.2) is 24.1 Å². The predicted molar refractivity (Wildman–Crippen MR) is 77.6 cm³/mol. The number of methoxy groups -OCH3 is 1. The van der Waals surface area contributed by atoms with Crippen LogP contribution in [0, 0.1) is 6.92 Å². The van der Waals surface area contributed by atoms with Gasteiger partial charge in [-0.3, -0.25) is 0 Å². The number of ether oxygens (including phenoxy) is 1. The maximum atomic E-state index is 6.15. The van der Waals surface area contributed by atoms with Crippen LogP contribution in [0.1, 0.15) is 5.56 Å². The quantitative estimate of drug-likeness (QED) is 0.899. The lowest BCUT2D eigenvalue weighted by molar-refractivity contribution is 0.415. The van der Waals surface area contributed by atoms with Gasteiger partial charge in [-0.1, -0.05) is 11.6 Å². The summed E-state index contributed by atoms with van der Waals surface area (Å²) in [6.45, 7) is 1.93. The fourth-order valence-electron chi connectivity index (χ4n) is 1.68. The Labute approximate surface area is 117 Å². The molecular weight excluding hydrogens is 264 g/mol. The van der Waals surface area contributed by atoms with Crippen molar-refractivity contribution in [3.63, 3.8) is 0 Å². The van der Waals surface area contributed by atoms with Gasteiger partial charge in [-0.25, -0.2) is 9.97 Å². The fraction of sp³-hybridized carbons (Fsp3) is 0.231. The van der Waals surface area contributed by atoms with E-state index in [1.807, 2.05) is 20.0 Å². The number of anilines is 3. The minimum Gasteiger partial charge on any atom is -0.497 e. The van der Waals surface area contributed by atoms with Crippen molar-refractivity contribution in [3.8, 4) is 5.75 Å². The van der Waals surface area contributed by atoms with E-state index in [1.54, 1.807) is 19.2 Å². The van der Waals surface area contributed by atoms with Crippen molar-refractivity contribution in [2.24, 2.45) is 0 Å². The molecule has 0 aliphatic rings. The fourth-order valence-corrected chi connectivity index (χ4v) is 1.85. The summed E-state index contributed by atoms with van der Waals surface area (Å²) in [4.78, 5) is 8.35. The maximum absolute atomic E-state index is 6.15. The number of hydrogen-bond acceptors (Lipinski definition) is 5. The third-order valence-electron chi connectivity index (χ3n) is 2.75. The number of hydrogen-bond donors (Lipinski definition) is 2. The van der Waals surface area contributed by atoms with Crippen molar-refractivity contribution >= 4 is 28.9 Å². The van der Waals surface area contributed by atoms with Crippen LogP contribution in [0.5, 0.6) is 5.75 Å². The first-order valence-electron chi connectivity index (χ1n) is 5.75. The molecule has 1 aromatic carbocycles. The van der Waals surface area contributed by atoms with Crippen LogP contribution in [0.25, 0.3) is 0 Å². The van der Waals surface area contributed by atoms with Gasteiger partial charge in [0.15, 0.2) is 0 Å². The molecule has 0 atom stereocenters. The number of rotatable bonds is 4. The molecule has 0 aliphatic heterocycles. The second-order valence-electron chi connectivity index (χ2n) is 3.92. The number of aromatic nitrogens is 2. The van der Waals surface area contributed by atoms with Crippen molar-refractivity contribution in [1.29, 1.82) is 0 Å². The Hall–Kier alpha value is -2.01. The normalized spacial score (nSPS) is 10.1. The highest BCUT2D eigenvalue weighted by molar-refractivity contribution is 6.33. The summed E-state index contributed by atoms with van der Waals surface area (Å²) in [5.74, 6) is 2.21. The minimum atomic E-state index is 0.602. The zero-order valence-electron chi connectivity index (χ0n) is 11.0. The topological polar surface area (TPSA) is 59.1 Å². The predicted octanol–water partition coefficient (Wildman–Crippen LogP) is 3.23. The smallest absolute Gasteiger partial charge is 0.138 e. The van der Waals surface area contributed by atoms with Crippen molar-refractivity contribution in [1.82, 2.24) is 9.97 Å². The molecule has 0 saturated heterocycles. The molecule has 100 valence electrons. The molecular formula is C13H15ClN4O. The molecule has 2 aromatic rings. The average Bonchev–Trinajstić information content (AvgIpc) is 2.43. The molecule has 0 saturated carbocycles. The number of benzene rings is 1. The average molecular weight is 279 g/mol. The van der Waals surface area contributed by atoms with Crippen LogP contribution in [-0.2, 0) is 0 Å². The molecule has 19 heavy (non-hydrogen) atoms. The first-order valence-corrected chi connectivity index (χ1v) is 6.13. The molecule has 1 aromatic heterocycles. The van der Waals surface area contributed by atoms with E-state index >= 15 is 0 Å². The maximum Gasteiger partial charge on any atom is 0.138 e. The molecule has 0 amide bonds.